The number of nitrogens with one attached hydrogen (secondary N) is 1. The summed E-state index contributed by atoms with van der Waals surface area (Å²) < 4.78 is 4.77. The summed E-state index contributed by atoms with van der Waals surface area (Å²) in [7, 11) is 1.58. The topological polar surface area (TPSA) is 47.6 Å². The minimum absolute atomic E-state index is 0.241. The normalized spacial score (nSPS) is 10.0. The molecule has 0 fully saturated rings. The number of benzene rings is 1. The lowest BCUT2D eigenvalue weighted by Crippen LogP contribution is -2.25. The number of aryl methyl sites for hydroxylation is 1. The number of hydrogen-bond donors (Lipinski definition) is 1. The monoisotopic (exact) mass is 209 g/mol. The molecule has 0 saturated heterocycles. The van der Waals surface area contributed by atoms with Crippen molar-refractivity contribution in [1.29, 1.82) is 0 Å². The second kappa shape index (κ2) is 6.16. The van der Waals surface area contributed by atoms with Gasteiger partial charge in [-0.2, -0.15) is 0 Å². The molecule has 1 amide bonds. The fourth-order valence-electron chi connectivity index (χ4n) is 1.09. The molecule has 0 unspecified atom stereocenters. The van der Waals surface area contributed by atoms with Gasteiger partial charge in [0.1, 0.15) is 0 Å². The molecule has 0 aliphatic rings. The first-order valence-corrected chi connectivity index (χ1v) is 4.72. The maximum absolute atomic E-state index is 11.5. The second-order valence-electron chi connectivity index (χ2n) is 3.14. The van der Waals surface area contributed by atoms with Gasteiger partial charge in [-0.1, -0.05) is 17.7 Å². The van der Waals surface area contributed by atoms with E-state index in [1.54, 1.807) is 19.2 Å². The maximum atomic E-state index is 11.5. The summed E-state index contributed by atoms with van der Waals surface area (Å²) in [5, 5.41) is 0. The lowest BCUT2D eigenvalue weighted by molar-refractivity contribution is 0.00888. The van der Waals surface area contributed by atoms with E-state index in [1.807, 2.05) is 19.1 Å². The molecule has 1 aromatic rings. The van der Waals surface area contributed by atoms with Crippen LogP contribution in [0.4, 0.5) is 0 Å². The minimum Gasteiger partial charge on any atom is -0.382 e. The van der Waals surface area contributed by atoms with Crippen LogP contribution in [0, 0.1) is 6.92 Å². The third kappa shape index (κ3) is 4.10. The van der Waals surface area contributed by atoms with E-state index in [4.69, 9.17) is 9.57 Å². The fourth-order valence-corrected chi connectivity index (χ4v) is 1.09. The standard InChI is InChI=1S/C11H15NO3/c1-9-4-3-5-10(8-9)11(13)12-15-7-6-14-2/h3-5,8H,6-7H2,1-2H3,(H,12,13). The third-order valence-corrected chi connectivity index (χ3v) is 1.83. The number of rotatable bonds is 5. The zero-order chi connectivity index (χ0) is 11.1. The van der Waals surface area contributed by atoms with Crippen molar-refractivity contribution in [2.75, 3.05) is 20.3 Å². The van der Waals surface area contributed by atoms with Gasteiger partial charge in [0.05, 0.1) is 13.2 Å². The smallest absolute Gasteiger partial charge is 0.274 e. The Morgan fingerprint density at radius 1 is 1.40 bits per heavy atom. The van der Waals surface area contributed by atoms with Gasteiger partial charge in [0.2, 0.25) is 0 Å². The number of amides is 1. The summed E-state index contributed by atoms with van der Waals surface area (Å²) in [5.41, 5.74) is 3.97. The van der Waals surface area contributed by atoms with Crippen LogP contribution in [-0.4, -0.2) is 26.2 Å². The van der Waals surface area contributed by atoms with Crippen molar-refractivity contribution < 1.29 is 14.4 Å². The summed E-state index contributed by atoms with van der Waals surface area (Å²) in [6, 6.07) is 7.30. The van der Waals surface area contributed by atoms with E-state index in [2.05, 4.69) is 5.48 Å². The predicted molar refractivity (Wildman–Crippen MR) is 56.5 cm³/mol. The van der Waals surface area contributed by atoms with Crippen molar-refractivity contribution in [2.24, 2.45) is 0 Å². The van der Waals surface area contributed by atoms with E-state index in [1.165, 1.54) is 0 Å². The highest BCUT2D eigenvalue weighted by Crippen LogP contribution is 2.03. The van der Waals surface area contributed by atoms with E-state index in [0.29, 0.717) is 18.8 Å². The van der Waals surface area contributed by atoms with Gasteiger partial charge in [-0.15, -0.1) is 0 Å². The lowest BCUT2D eigenvalue weighted by atomic mass is 10.1. The largest absolute Gasteiger partial charge is 0.382 e. The SMILES string of the molecule is COCCONC(=O)c1cccc(C)c1. The summed E-state index contributed by atoms with van der Waals surface area (Å²) >= 11 is 0. The van der Waals surface area contributed by atoms with E-state index >= 15 is 0 Å². The average molecular weight is 209 g/mol. The average Bonchev–Trinajstić information content (AvgIpc) is 2.24. The Kier molecular flexibility index (Phi) is 4.80. The molecular formula is C11H15NO3. The Balaban J connectivity index is 2.40. The molecule has 0 atom stereocenters. The van der Waals surface area contributed by atoms with Crippen molar-refractivity contribution >= 4 is 5.91 Å². The molecule has 1 N–H and O–H groups in total. The summed E-state index contributed by atoms with van der Waals surface area (Å²) in [4.78, 5) is 16.4. The molecule has 0 radical (unpaired) electrons. The Bertz CT molecular complexity index is 325. The lowest BCUT2D eigenvalue weighted by Gasteiger charge is -2.05. The molecule has 1 aromatic carbocycles. The van der Waals surface area contributed by atoms with Crippen LogP contribution in [0.1, 0.15) is 15.9 Å². The molecule has 0 heterocycles. The number of carbonyl (C=O) groups excluding carboxylic acids is 1. The summed E-state index contributed by atoms with van der Waals surface area (Å²) in [5.74, 6) is -0.241. The van der Waals surface area contributed by atoms with Crippen molar-refractivity contribution in [3.05, 3.63) is 35.4 Å². The Morgan fingerprint density at radius 2 is 2.20 bits per heavy atom. The van der Waals surface area contributed by atoms with Gasteiger partial charge in [0.15, 0.2) is 0 Å². The first-order chi connectivity index (χ1) is 7.24. The first kappa shape index (κ1) is 11.7. The van der Waals surface area contributed by atoms with Gasteiger partial charge in [0.25, 0.3) is 5.91 Å². The molecule has 0 aliphatic heterocycles. The van der Waals surface area contributed by atoms with Gasteiger partial charge < -0.3 is 4.74 Å². The summed E-state index contributed by atoms with van der Waals surface area (Å²) in [6.07, 6.45) is 0. The number of hydrogen-bond acceptors (Lipinski definition) is 3. The summed E-state index contributed by atoms with van der Waals surface area (Å²) in [6.45, 7) is 2.73. The zero-order valence-electron chi connectivity index (χ0n) is 8.95. The first-order valence-electron chi connectivity index (χ1n) is 4.72. The molecule has 4 nitrogen and oxygen atoms in total. The third-order valence-electron chi connectivity index (χ3n) is 1.83. The van der Waals surface area contributed by atoms with E-state index in [-0.39, 0.29) is 5.91 Å². The van der Waals surface area contributed by atoms with Crippen LogP contribution < -0.4 is 5.48 Å². The highest BCUT2D eigenvalue weighted by molar-refractivity contribution is 5.93. The van der Waals surface area contributed by atoms with Crippen molar-refractivity contribution in [3.8, 4) is 0 Å². The second-order valence-corrected chi connectivity index (χ2v) is 3.14. The van der Waals surface area contributed by atoms with Crippen molar-refractivity contribution in [3.63, 3.8) is 0 Å². The molecule has 0 saturated carbocycles. The predicted octanol–water partition coefficient (Wildman–Crippen LogP) is 1.30. The van der Waals surface area contributed by atoms with Crippen LogP contribution in [0.3, 0.4) is 0 Å². The van der Waals surface area contributed by atoms with E-state index in [9.17, 15) is 4.79 Å². The van der Waals surface area contributed by atoms with Crippen molar-refractivity contribution in [2.45, 2.75) is 6.92 Å². The van der Waals surface area contributed by atoms with Gasteiger partial charge in [-0.3, -0.25) is 9.63 Å². The maximum Gasteiger partial charge on any atom is 0.274 e. The molecular weight excluding hydrogens is 194 g/mol. The highest BCUT2D eigenvalue weighted by atomic mass is 16.7. The van der Waals surface area contributed by atoms with Gasteiger partial charge in [-0.05, 0) is 19.1 Å². The number of carbonyl (C=O) groups is 1. The fraction of sp³-hybridized carbons (Fsp3) is 0.364. The van der Waals surface area contributed by atoms with Crippen LogP contribution >= 0.6 is 0 Å². The van der Waals surface area contributed by atoms with Gasteiger partial charge in [0, 0.05) is 12.7 Å². The molecule has 0 bridgehead atoms. The van der Waals surface area contributed by atoms with Crippen LogP contribution in [-0.2, 0) is 9.57 Å². The molecule has 15 heavy (non-hydrogen) atoms. The number of ether oxygens (including phenoxy) is 1. The number of hydroxylamine groups is 1. The minimum atomic E-state index is -0.241. The van der Waals surface area contributed by atoms with E-state index in [0.717, 1.165) is 5.56 Å². The quantitative estimate of drug-likeness (QED) is 0.587. The molecule has 1 rings (SSSR count). The van der Waals surface area contributed by atoms with Gasteiger partial charge >= 0.3 is 0 Å². The van der Waals surface area contributed by atoms with Crippen LogP contribution in [0.15, 0.2) is 24.3 Å². The van der Waals surface area contributed by atoms with Crippen molar-refractivity contribution in [1.82, 2.24) is 5.48 Å². The number of methoxy groups -OCH3 is 1. The highest BCUT2D eigenvalue weighted by Gasteiger charge is 2.04. The van der Waals surface area contributed by atoms with Gasteiger partial charge in [-0.25, -0.2) is 5.48 Å². The van der Waals surface area contributed by atoms with Crippen LogP contribution in [0.5, 0.6) is 0 Å². The van der Waals surface area contributed by atoms with Crippen LogP contribution in [0.2, 0.25) is 0 Å². The molecule has 82 valence electrons. The Hall–Kier alpha value is -1.39. The molecule has 4 heteroatoms. The molecule has 0 aliphatic carbocycles. The van der Waals surface area contributed by atoms with Crippen LogP contribution in [0.25, 0.3) is 0 Å². The zero-order valence-corrected chi connectivity index (χ0v) is 8.95. The van der Waals surface area contributed by atoms with E-state index < -0.39 is 0 Å². The molecule has 0 aromatic heterocycles. The molecule has 0 spiro atoms. The Labute approximate surface area is 89.1 Å². The Morgan fingerprint density at radius 3 is 2.87 bits per heavy atom.